The Bertz CT molecular complexity index is 138. The van der Waals surface area contributed by atoms with E-state index in [-0.39, 0.29) is 6.16 Å². The first-order valence-corrected chi connectivity index (χ1v) is 6.26. The summed E-state index contributed by atoms with van der Waals surface area (Å²) in [5.74, 6) is 0.622. The quantitative estimate of drug-likeness (QED) is 0.327. The molecule has 2 N–H and O–H groups in total. The van der Waals surface area contributed by atoms with Crippen LogP contribution in [0.15, 0.2) is 0 Å². The van der Waals surface area contributed by atoms with Gasteiger partial charge < -0.3 is 15.5 Å². The predicted octanol–water partition coefficient (Wildman–Crippen LogP) is -0.103. The van der Waals surface area contributed by atoms with E-state index < -0.39 is 8.03 Å². The molecule has 0 bridgehead atoms. The van der Waals surface area contributed by atoms with E-state index in [1.807, 2.05) is 0 Å². The fourth-order valence-corrected chi connectivity index (χ4v) is 1.38. The summed E-state index contributed by atoms with van der Waals surface area (Å²) in [6.07, 6.45) is 0.964. The van der Waals surface area contributed by atoms with Crippen LogP contribution in [0.5, 0.6) is 0 Å². The number of hydrogen-bond acceptors (Lipinski definition) is 4. The molecule has 0 rings (SSSR count). The second kappa shape index (κ2) is 10.4. The Labute approximate surface area is 84.9 Å². The largest absolute Gasteiger partial charge is 0.596 e. The molecule has 0 aliphatic heterocycles. The van der Waals surface area contributed by atoms with E-state index in [0.29, 0.717) is 12.3 Å². The summed E-state index contributed by atoms with van der Waals surface area (Å²) >= 11 is 5.45. The monoisotopic (exact) mass is 226 g/mol. The van der Waals surface area contributed by atoms with Crippen molar-refractivity contribution in [1.29, 1.82) is 0 Å². The molecule has 0 radical (unpaired) electrons. The van der Waals surface area contributed by atoms with Gasteiger partial charge in [0.05, 0.1) is 0 Å². The topological polar surface area (TPSA) is 64.2 Å². The maximum atomic E-state index is 10.2. The van der Waals surface area contributed by atoms with Crippen molar-refractivity contribution < 1.29 is 9.46 Å². The number of rotatable bonds is 9. The SMILES string of the molecule is O=[P+]([O-])CCCNCCNCCCl. The lowest BCUT2D eigenvalue weighted by Crippen LogP contribution is -2.29. The molecule has 0 amide bonds. The highest BCUT2D eigenvalue weighted by Crippen LogP contribution is 2.06. The van der Waals surface area contributed by atoms with Crippen molar-refractivity contribution in [2.45, 2.75) is 6.42 Å². The van der Waals surface area contributed by atoms with E-state index in [4.69, 9.17) is 11.6 Å². The van der Waals surface area contributed by atoms with Gasteiger partial charge in [-0.3, -0.25) is 0 Å². The van der Waals surface area contributed by atoms with Gasteiger partial charge in [-0.05, 0) is 6.54 Å². The van der Waals surface area contributed by atoms with Crippen LogP contribution in [0.3, 0.4) is 0 Å². The molecule has 1 unspecified atom stereocenters. The normalized spacial score (nSPS) is 11.7. The van der Waals surface area contributed by atoms with Gasteiger partial charge in [-0.1, -0.05) is 4.57 Å². The van der Waals surface area contributed by atoms with Gasteiger partial charge >= 0.3 is 8.03 Å². The Morgan fingerprint density at radius 3 is 2.31 bits per heavy atom. The van der Waals surface area contributed by atoms with Crippen LogP contribution in [-0.4, -0.2) is 38.2 Å². The zero-order valence-electron chi connectivity index (χ0n) is 7.59. The Balaban J connectivity index is 2.87. The molecule has 0 aliphatic rings. The summed E-state index contributed by atoms with van der Waals surface area (Å²) in [6.45, 7) is 3.30. The molecule has 0 saturated carbocycles. The van der Waals surface area contributed by atoms with Crippen molar-refractivity contribution >= 4 is 19.6 Å². The molecule has 4 nitrogen and oxygen atoms in total. The second-order valence-electron chi connectivity index (χ2n) is 2.60. The number of halogens is 1. The van der Waals surface area contributed by atoms with Crippen LogP contribution in [0.2, 0.25) is 0 Å². The first-order chi connectivity index (χ1) is 6.27. The lowest BCUT2D eigenvalue weighted by Gasteiger charge is -2.03. The molecule has 6 heteroatoms. The molecule has 78 valence electrons. The molecule has 0 aromatic carbocycles. The molecule has 0 aromatic heterocycles. The summed E-state index contributed by atoms with van der Waals surface area (Å²) in [5, 5.41) is 6.25. The van der Waals surface area contributed by atoms with Gasteiger partial charge in [-0.25, -0.2) is 0 Å². The Morgan fingerprint density at radius 2 is 1.77 bits per heavy atom. The molecule has 0 aromatic rings. The minimum Gasteiger partial charge on any atom is -0.596 e. The van der Waals surface area contributed by atoms with E-state index >= 15 is 0 Å². The van der Waals surface area contributed by atoms with E-state index in [1.54, 1.807) is 0 Å². The van der Waals surface area contributed by atoms with E-state index in [1.165, 1.54) is 0 Å². The van der Waals surface area contributed by atoms with Gasteiger partial charge in [-0.15, -0.1) is 11.6 Å². The van der Waals surface area contributed by atoms with Crippen molar-refractivity contribution in [3.63, 3.8) is 0 Å². The van der Waals surface area contributed by atoms with Crippen LogP contribution in [0.25, 0.3) is 0 Å². The summed E-state index contributed by atoms with van der Waals surface area (Å²) in [5.41, 5.74) is 0. The highest BCUT2D eigenvalue weighted by molar-refractivity contribution is 7.36. The number of hydrogen-bond donors (Lipinski definition) is 2. The Hall–Kier alpha value is 0.270. The van der Waals surface area contributed by atoms with Crippen molar-refractivity contribution in [3.05, 3.63) is 0 Å². The lowest BCUT2D eigenvalue weighted by atomic mass is 10.4. The Morgan fingerprint density at radius 1 is 1.15 bits per heavy atom. The van der Waals surface area contributed by atoms with Crippen LogP contribution in [0.1, 0.15) is 6.42 Å². The van der Waals surface area contributed by atoms with Gasteiger partial charge in [0.25, 0.3) is 0 Å². The van der Waals surface area contributed by atoms with Crippen LogP contribution >= 0.6 is 19.6 Å². The molecule has 0 heterocycles. The second-order valence-corrected chi connectivity index (χ2v) is 4.09. The molecule has 0 aliphatic carbocycles. The van der Waals surface area contributed by atoms with Gasteiger partial charge in [0, 0.05) is 31.9 Å². The molecular weight excluding hydrogens is 211 g/mol. The molecular formula is C7H16ClN2O2P. The minimum absolute atomic E-state index is 0.275. The zero-order chi connectivity index (χ0) is 9.94. The predicted molar refractivity (Wildman–Crippen MR) is 53.5 cm³/mol. The highest BCUT2D eigenvalue weighted by atomic mass is 35.5. The molecule has 1 atom stereocenters. The number of alkyl halides is 1. The van der Waals surface area contributed by atoms with E-state index in [9.17, 15) is 9.46 Å². The standard InChI is InChI=1S/C7H16ClN2O2P/c8-2-4-10-6-5-9-3-1-7-13(11)12/h9-10H,1-7H2. The summed E-state index contributed by atoms with van der Waals surface area (Å²) in [6, 6.07) is 0. The average molecular weight is 227 g/mol. The maximum absolute atomic E-state index is 10.2. The average Bonchev–Trinajstić information content (AvgIpc) is 2.09. The smallest absolute Gasteiger partial charge is 0.308 e. The van der Waals surface area contributed by atoms with Gasteiger partial charge in [-0.2, -0.15) is 0 Å². The van der Waals surface area contributed by atoms with E-state index in [2.05, 4.69) is 10.6 Å². The molecule has 0 spiro atoms. The van der Waals surface area contributed by atoms with Crippen LogP contribution in [0.4, 0.5) is 0 Å². The first-order valence-electron chi connectivity index (χ1n) is 4.36. The molecule has 0 saturated heterocycles. The summed E-state index contributed by atoms with van der Waals surface area (Å²) < 4.78 is 10.2. The lowest BCUT2D eigenvalue weighted by molar-refractivity contribution is -0.164. The van der Waals surface area contributed by atoms with Crippen LogP contribution < -0.4 is 15.5 Å². The van der Waals surface area contributed by atoms with Crippen LogP contribution in [-0.2, 0) is 4.57 Å². The maximum Gasteiger partial charge on any atom is 0.308 e. The van der Waals surface area contributed by atoms with Gasteiger partial charge in [0.2, 0.25) is 0 Å². The van der Waals surface area contributed by atoms with Crippen molar-refractivity contribution in [3.8, 4) is 0 Å². The van der Waals surface area contributed by atoms with Crippen molar-refractivity contribution in [2.24, 2.45) is 0 Å². The minimum atomic E-state index is -2.20. The number of nitrogens with one attached hydrogen (secondary N) is 2. The van der Waals surface area contributed by atoms with Gasteiger partial charge in [0.15, 0.2) is 0 Å². The fourth-order valence-electron chi connectivity index (χ4n) is 0.827. The third kappa shape index (κ3) is 12.3. The third-order valence-electron chi connectivity index (χ3n) is 1.44. The van der Waals surface area contributed by atoms with Crippen molar-refractivity contribution in [2.75, 3.05) is 38.2 Å². The summed E-state index contributed by atoms with van der Waals surface area (Å²) in [4.78, 5) is 10.2. The Kier molecular flexibility index (Phi) is 10.6. The van der Waals surface area contributed by atoms with Crippen LogP contribution in [0, 0.1) is 0 Å². The highest BCUT2D eigenvalue weighted by Gasteiger charge is 1.97. The molecule has 0 fully saturated rings. The summed E-state index contributed by atoms with van der Waals surface area (Å²) in [7, 11) is -2.20. The molecule has 13 heavy (non-hydrogen) atoms. The zero-order valence-corrected chi connectivity index (χ0v) is 9.24. The van der Waals surface area contributed by atoms with Crippen molar-refractivity contribution in [1.82, 2.24) is 10.6 Å². The van der Waals surface area contributed by atoms with Gasteiger partial charge in [0.1, 0.15) is 6.16 Å². The first kappa shape index (κ1) is 13.3. The van der Waals surface area contributed by atoms with E-state index in [0.717, 1.165) is 26.2 Å². The fraction of sp³-hybridized carbons (Fsp3) is 1.00. The third-order valence-corrected chi connectivity index (χ3v) is 2.31.